The quantitative estimate of drug-likeness (QED) is 0.328. The molecule has 0 bridgehead atoms. The van der Waals surface area contributed by atoms with Gasteiger partial charge in [-0.1, -0.05) is 56.7 Å². The van der Waals surface area contributed by atoms with Crippen LogP contribution >= 0.6 is 0 Å². The number of carbonyl (C=O) groups excluding carboxylic acids is 2. The molecular weight excluding hydrogens is 510 g/mol. The van der Waals surface area contributed by atoms with E-state index in [4.69, 9.17) is 24.7 Å². The summed E-state index contributed by atoms with van der Waals surface area (Å²) in [6, 6.07) is 17.6. The van der Waals surface area contributed by atoms with Crippen LogP contribution in [-0.2, 0) is 9.59 Å². The number of ether oxygens (including phenoxy) is 4. The Balaban J connectivity index is 1.81. The Morgan fingerprint density at radius 3 is 2.08 bits per heavy atom. The van der Waals surface area contributed by atoms with Crippen molar-refractivity contribution < 1.29 is 28.5 Å². The van der Waals surface area contributed by atoms with Gasteiger partial charge in [-0.05, 0) is 29.2 Å². The smallest absolute Gasteiger partial charge is 0.241 e. The summed E-state index contributed by atoms with van der Waals surface area (Å²) >= 11 is 0. The lowest BCUT2D eigenvalue weighted by molar-refractivity contribution is -0.126. The van der Waals surface area contributed by atoms with Crippen LogP contribution in [0.1, 0.15) is 43.4 Å². The van der Waals surface area contributed by atoms with Crippen molar-refractivity contribution in [2.45, 2.75) is 38.3 Å². The zero-order valence-electron chi connectivity index (χ0n) is 23.8. The van der Waals surface area contributed by atoms with Crippen molar-refractivity contribution in [1.82, 2.24) is 0 Å². The van der Waals surface area contributed by atoms with Crippen molar-refractivity contribution in [2.75, 3.05) is 38.7 Å². The van der Waals surface area contributed by atoms with Crippen molar-refractivity contribution in [3.05, 3.63) is 71.8 Å². The van der Waals surface area contributed by atoms with Crippen molar-refractivity contribution in [3.63, 3.8) is 0 Å². The third-order valence-electron chi connectivity index (χ3n) is 7.57. The van der Waals surface area contributed by atoms with E-state index in [-0.39, 0.29) is 23.8 Å². The number of hydrogen-bond donors (Lipinski definition) is 2. The highest BCUT2D eigenvalue weighted by Crippen LogP contribution is 2.52. The molecule has 9 nitrogen and oxygen atoms in total. The van der Waals surface area contributed by atoms with Crippen LogP contribution in [0.3, 0.4) is 0 Å². The van der Waals surface area contributed by atoms with E-state index in [1.807, 2.05) is 56.3 Å². The summed E-state index contributed by atoms with van der Waals surface area (Å²) in [4.78, 5) is 28.5. The number of anilines is 2. The summed E-state index contributed by atoms with van der Waals surface area (Å²) in [5.74, 6) is 0.999. The molecule has 0 radical (unpaired) electrons. The maximum absolute atomic E-state index is 13.8. The topological polar surface area (TPSA) is 112 Å². The van der Waals surface area contributed by atoms with E-state index in [0.29, 0.717) is 34.4 Å². The fraction of sp³-hybridized carbons (Fsp3) is 0.355. The largest absolute Gasteiger partial charge is 0.495 e. The maximum atomic E-state index is 13.8. The second-order valence-corrected chi connectivity index (χ2v) is 9.79. The molecule has 1 fully saturated rings. The normalized spacial score (nSPS) is 17.9. The Morgan fingerprint density at radius 2 is 1.52 bits per heavy atom. The van der Waals surface area contributed by atoms with Gasteiger partial charge in [0.1, 0.15) is 5.75 Å². The molecule has 3 aromatic rings. The summed E-state index contributed by atoms with van der Waals surface area (Å²) in [6.07, 6.45) is 0.776. The highest BCUT2D eigenvalue weighted by Gasteiger charge is 2.50. The minimum atomic E-state index is -0.670. The Kier molecular flexibility index (Phi) is 8.84. The molecule has 4 atom stereocenters. The number of nitrogens with one attached hydrogen (secondary N) is 1. The Hall–Kier alpha value is -4.24. The van der Waals surface area contributed by atoms with Crippen LogP contribution in [0, 0.1) is 5.92 Å². The predicted octanol–water partition coefficient (Wildman–Crippen LogP) is 4.90. The van der Waals surface area contributed by atoms with E-state index >= 15 is 0 Å². The summed E-state index contributed by atoms with van der Waals surface area (Å²) in [5.41, 5.74) is 8.98. The lowest BCUT2D eigenvalue weighted by Crippen LogP contribution is -2.53. The molecule has 0 unspecified atom stereocenters. The summed E-state index contributed by atoms with van der Waals surface area (Å²) in [5, 5.41) is 2.94. The maximum Gasteiger partial charge on any atom is 0.241 e. The van der Waals surface area contributed by atoms with E-state index in [0.717, 1.165) is 17.5 Å². The van der Waals surface area contributed by atoms with Gasteiger partial charge in [-0.3, -0.25) is 9.59 Å². The van der Waals surface area contributed by atoms with Gasteiger partial charge >= 0.3 is 0 Å². The van der Waals surface area contributed by atoms with Crippen molar-refractivity contribution in [3.8, 4) is 23.0 Å². The first-order valence-electron chi connectivity index (χ1n) is 13.2. The fourth-order valence-electron chi connectivity index (χ4n) is 5.05. The number of benzene rings is 3. The van der Waals surface area contributed by atoms with Gasteiger partial charge in [0.2, 0.25) is 17.6 Å². The van der Waals surface area contributed by atoms with E-state index < -0.39 is 12.0 Å². The Bertz CT molecular complexity index is 1340. The van der Waals surface area contributed by atoms with Crippen LogP contribution in [-0.4, -0.2) is 46.3 Å². The minimum absolute atomic E-state index is 0.0106. The second kappa shape index (κ2) is 12.3. The molecule has 1 aliphatic rings. The van der Waals surface area contributed by atoms with Gasteiger partial charge in [-0.15, -0.1) is 0 Å². The van der Waals surface area contributed by atoms with Gasteiger partial charge in [0.05, 0.1) is 57.8 Å². The number of methoxy groups -OCH3 is 4. The number of β-lactam (4-membered cyclic amide) rings is 1. The number of amides is 2. The Labute approximate surface area is 235 Å². The molecule has 3 aromatic carbocycles. The summed E-state index contributed by atoms with van der Waals surface area (Å²) < 4.78 is 22.1. The van der Waals surface area contributed by atoms with E-state index in [1.54, 1.807) is 30.2 Å². The van der Waals surface area contributed by atoms with Crippen LogP contribution in [0.2, 0.25) is 0 Å². The number of hydrogen-bond acceptors (Lipinski definition) is 7. The number of nitrogens with zero attached hydrogens (tertiary/aromatic N) is 1. The van der Waals surface area contributed by atoms with Crippen molar-refractivity contribution in [2.24, 2.45) is 11.7 Å². The van der Waals surface area contributed by atoms with Gasteiger partial charge in [-0.2, -0.15) is 0 Å². The monoisotopic (exact) mass is 547 g/mol. The highest BCUT2D eigenvalue weighted by atomic mass is 16.5. The molecule has 40 heavy (non-hydrogen) atoms. The first-order valence-corrected chi connectivity index (χ1v) is 13.2. The molecule has 0 aliphatic carbocycles. The average Bonchev–Trinajstić information content (AvgIpc) is 2.98. The van der Waals surface area contributed by atoms with Crippen LogP contribution < -0.4 is 34.9 Å². The minimum Gasteiger partial charge on any atom is -0.495 e. The average molecular weight is 548 g/mol. The predicted molar refractivity (Wildman–Crippen MR) is 155 cm³/mol. The van der Waals surface area contributed by atoms with Crippen LogP contribution in [0.15, 0.2) is 60.7 Å². The first kappa shape index (κ1) is 28.8. The Morgan fingerprint density at radius 1 is 0.900 bits per heavy atom. The van der Waals surface area contributed by atoms with Crippen LogP contribution in [0.25, 0.3) is 0 Å². The van der Waals surface area contributed by atoms with E-state index in [1.165, 1.54) is 21.3 Å². The third-order valence-corrected chi connectivity index (χ3v) is 7.57. The molecule has 2 amide bonds. The van der Waals surface area contributed by atoms with Crippen LogP contribution in [0.5, 0.6) is 23.0 Å². The fourth-order valence-corrected chi connectivity index (χ4v) is 5.05. The summed E-state index contributed by atoms with van der Waals surface area (Å²) in [6.45, 7) is 3.94. The standard InChI is InChI=1S/C31H37N3O6/c1-7-18(2)27(32)30(35)33-22-15-20(13-14-23(22)37-3)28-26(19-11-9-8-10-12-19)31(36)34(28)21-16-24(38-4)29(40-6)25(17-21)39-5/h8-18,26-28H,7,32H2,1-6H3,(H,33,35)/t18-,26-,27-,28-/m0/s1. The second-order valence-electron chi connectivity index (χ2n) is 9.79. The SMILES string of the molecule is CC[C@H](C)[C@H](N)C(=O)Nc1cc([C@H]2[C@H](c3ccccc3)C(=O)N2c2cc(OC)c(OC)c(OC)c2)ccc1OC. The molecule has 3 N–H and O–H groups in total. The molecule has 1 saturated heterocycles. The van der Waals surface area contributed by atoms with Gasteiger partial charge in [0.25, 0.3) is 0 Å². The van der Waals surface area contributed by atoms with Gasteiger partial charge < -0.3 is 34.9 Å². The lowest BCUT2D eigenvalue weighted by atomic mass is 9.77. The molecule has 9 heteroatoms. The van der Waals surface area contributed by atoms with E-state index in [9.17, 15) is 9.59 Å². The van der Waals surface area contributed by atoms with E-state index in [2.05, 4.69) is 5.32 Å². The third kappa shape index (κ3) is 5.29. The van der Waals surface area contributed by atoms with Gasteiger partial charge in [0, 0.05) is 12.1 Å². The molecule has 1 heterocycles. The van der Waals surface area contributed by atoms with Crippen molar-refractivity contribution >= 4 is 23.2 Å². The van der Waals surface area contributed by atoms with Crippen LogP contribution in [0.4, 0.5) is 11.4 Å². The molecule has 0 saturated carbocycles. The number of carbonyl (C=O) groups is 2. The molecular formula is C31H37N3O6. The zero-order valence-corrected chi connectivity index (χ0v) is 23.8. The molecule has 0 spiro atoms. The molecule has 212 valence electrons. The molecule has 1 aliphatic heterocycles. The summed E-state index contributed by atoms with van der Waals surface area (Å²) in [7, 11) is 6.14. The molecule has 0 aromatic heterocycles. The first-order chi connectivity index (χ1) is 19.3. The van der Waals surface area contributed by atoms with Gasteiger partial charge in [-0.25, -0.2) is 0 Å². The highest BCUT2D eigenvalue weighted by molar-refractivity contribution is 6.07. The number of nitrogens with two attached hydrogens (primary N) is 1. The van der Waals surface area contributed by atoms with Gasteiger partial charge in [0.15, 0.2) is 11.5 Å². The zero-order chi connectivity index (χ0) is 29.0. The lowest BCUT2D eigenvalue weighted by Gasteiger charge is -2.48. The molecule has 4 rings (SSSR count). The van der Waals surface area contributed by atoms with Crippen molar-refractivity contribution in [1.29, 1.82) is 0 Å². The number of rotatable bonds is 11.